The molecule has 1 aliphatic rings. The van der Waals surface area contributed by atoms with E-state index in [2.05, 4.69) is 0 Å². The van der Waals surface area contributed by atoms with Crippen molar-refractivity contribution in [2.75, 3.05) is 0 Å². The third-order valence-electron chi connectivity index (χ3n) is 4.64. The van der Waals surface area contributed by atoms with E-state index in [0.717, 1.165) is 17.0 Å². The predicted octanol–water partition coefficient (Wildman–Crippen LogP) is 5.73. The highest BCUT2D eigenvalue weighted by Gasteiger charge is 2.40. The van der Waals surface area contributed by atoms with E-state index in [1.807, 2.05) is 0 Å². The van der Waals surface area contributed by atoms with Crippen molar-refractivity contribution in [3.8, 4) is 5.75 Å². The topological polar surface area (TPSA) is 46.6 Å². The molecule has 30 heavy (non-hydrogen) atoms. The van der Waals surface area contributed by atoms with Gasteiger partial charge in [0.25, 0.3) is 11.8 Å². The highest BCUT2D eigenvalue weighted by molar-refractivity contribution is 6.30. The monoisotopic (exact) mass is 431 g/mol. The number of para-hydroxylation sites is 1. The molecule has 3 aromatic rings. The number of alkyl halides is 3. The lowest BCUT2D eigenvalue weighted by atomic mass is 10.0. The second kappa shape index (κ2) is 7.50. The maximum Gasteiger partial charge on any atom is 0.416 e. The number of ether oxygens (including phenoxy) is 1. The van der Waals surface area contributed by atoms with Crippen molar-refractivity contribution in [2.24, 2.45) is 0 Å². The standard InChI is InChI=1S/C22H13ClF3NO3/c23-16-11-7-13(8-12-16)19(28)27-20(29)17-3-1-2-4-18(17)30-21(27)14-5-9-15(10-6-14)22(24,25)26/h1-12,21H. The number of hydrogen-bond acceptors (Lipinski definition) is 3. The van der Waals surface area contributed by atoms with E-state index in [1.165, 1.54) is 42.5 Å². The molecule has 0 bridgehead atoms. The van der Waals surface area contributed by atoms with Crippen LogP contribution in [-0.4, -0.2) is 16.7 Å². The molecule has 3 aromatic carbocycles. The van der Waals surface area contributed by atoms with Crippen molar-refractivity contribution >= 4 is 23.4 Å². The summed E-state index contributed by atoms with van der Waals surface area (Å²) in [6.07, 6.45) is -5.73. The third kappa shape index (κ3) is 3.64. The van der Waals surface area contributed by atoms with Crippen molar-refractivity contribution in [1.82, 2.24) is 4.90 Å². The summed E-state index contributed by atoms with van der Waals surface area (Å²) in [6, 6.07) is 16.4. The lowest BCUT2D eigenvalue weighted by Crippen LogP contribution is -2.45. The van der Waals surface area contributed by atoms with Crippen LogP contribution in [0.3, 0.4) is 0 Å². The molecule has 0 saturated carbocycles. The predicted molar refractivity (Wildman–Crippen MR) is 103 cm³/mol. The van der Waals surface area contributed by atoms with Crippen LogP contribution in [0.1, 0.15) is 38.1 Å². The molecule has 1 atom stereocenters. The first-order chi connectivity index (χ1) is 14.3. The molecular formula is C22H13ClF3NO3. The molecule has 0 aromatic heterocycles. The summed E-state index contributed by atoms with van der Waals surface area (Å²) in [7, 11) is 0. The normalized spacial score (nSPS) is 16.1. The zero-order valence-electron chi connectivity index (χ0n) is 15.2. The molecule has 4 rings (SSSR count). The molecular weight excluding hydrogens is 419 g/mol. The van der Waals surface area contributed by atoms with E-state index >= 15 is 0 Å². The van der Waals surface area contributed by atoms with Crippen LogP contribution in [0, 0.1) is 0 Å². The fraction of sp³-hybridized carbons (Fsp3) is 0.0909. The fourth-order valence-corrected chi connectivity index (χ4v) is 3.27. The summed E-state index contributed by atoms with van der Waals surface area (Å²) in [5, 5.41) is 0.414. The SMILES string of the molecule is O=C(c1ccc(Cl)cc1)N1C(=O)c2ccccc2OC1c1ccc(C(F)(F)F)cc1. The number of nitrogens with zero attached hydrogens (tertiary/aromatic N) is 1. The number of benzene rings is 3. The Morgan fingerprint density at radius 1 is 0.933 bits per heavy atom. The molecule has 1 aliphatic heterocycles. The highest BCUT2D eigenvalue weighted by atomic mass is 35.5. The number of hydrogen-bond donors (Lipinski definition) is 0. The van der Waals surface area contributed by atoms with Gasteiger partial charge in [-0.1, -0.05) is 35.9 Å². The van der Waals surface area contributed by atoms with Crippen LogP contribution in [0.5, 0.6) is 5.75 Å². The number of rotatable bonds is 2. The van der Waals surface area contributed by atoms with Gasteiger partial charge in [-0.15, -0.1) is 0 Å². The first-order valence-corrected chi connectivity index (χ1v) is 9.20. The minimum atomic E-state index is -4.51. The molecule has 1 heterocycles. The Morgan fingerprint density at radius 3 is 2.20 bits per heavy atom. The summed E-state index contributed by atoms with van der Waals surface area (Å²) in [6.45, 7) is 0. The Morgan fingerprint density at radius 2 is 1.57 bits per heavy atom. The molecule has 0 spiro atoms. The van der Waals surface area contributed by atoms with Gasteiger partial charge in [-0.25, -0.2) is 4.90 Å². The van der Waals surface area contributed by atoms with Crippen molar-refractivity contribution in [3.63, 3.8) is 0 Å². The van der Waals surface area contributed by atoms with Crippen LogP contribution < -0.4 is 4.74 Å². The largest absolute Gasteiger partial charge is 0.465 e. The lowest BCUT2D eigenvalue weighted by molar-refractivity contribution is -0.137. The summed E-state index contributed by atoms with van der Waals surface area (Å²) in [4.78, 5) is 27.2. The van der Waals surface area contributed by atoms with Gasteiger partial charge in [0.1, 0.15) is 5.75 Å². The highest BCUT2D eigenvalue weighted by Crippen LogP contribution is 2.37. The van der Waals surface area contributed by atoms with Gasteiger partial charge >= 0.3 is 6.18 Å². The first kappa shape index (κ1) is 20.0. The van der Waals surface area contributed by atoms with Gasteiger partial charge in [0, 0.05) is 16.1 Å². The van der Waals surface area contributed by atoms with E-state index in [9.17, 15) is 22.8 Å². The fourth-order valence-electron chi connectivity index (χ4n) is 3.14. The maximum atomic E-state index is 13.1. The summed E-state index contributed by atoms with van der Waals surface area (Å²) >= 11 is 5.87. The maximum absolute atomic E-state index is 13.1. The first-order valence-electron chi connectivity index (χ1n) is 8.82. The smallest absolute Gasteiger partial charge is 0.416 e. The second-order valence-corrected chi connectivity index (χ2v) is 7.01. The molecule has 0 aliphatic carbocycles. The Hall–Kier alpha value is -3.32. The van der Waals surface area contributed by atoms with Gasteiger partial charge in [-0.05, 0) is 48.5 Å². The van der Waals surface area contributed by atoms with Crippen molar-refractivity contribution in [3.05, 3.63) is 100 Å². The number of carbonyl (C=O) groups is 2. The third-order valence-corrected chi connectivity index (χ3v) is 4.89. The number of halogens is 4. The minimum Gasteiger partial charge on any atom is -0.465 e. The van der Waals surface area contributed by atoms with Gasteiger partial charge in [-0.2, -0.15) is 13.2 Å². The molecule has 8 heteroatoms. The summed E-state index contributed by atoms with van der Waals surface area (Å²) < 4.78 is 44.6. The van der Waals surface area contributed by atoms with Gasteiger partial charge in [0.2, 0.25) is 6.23 Å². The van der Waals surface area contributed by atoms with Gasteiger partial charge in [0.15, 0.2) is 0 Å². The number of fused-ring (bicyclic) bond motifs is 1. The molecule has 0 fully saturated rings. The molecule has 2 amide bonds. The van der Waals surface area contributed by atoms with E-state index in [1.54, 1.807) is 18.2 Å². The molecule has 152 valence electrons. The van der Waals surface area contributed by atoms with E-state index in [-0.39, 0.29) is 22.4 Å². The summed E-state index contributed by atoms with van der Waals surface area (Å²) in [5.41, 5.74) is -0.242. The quantitative estimate of drug-likeness (QED) is 0.487. The summed E-state index contributed by atoms with van der Waals surface area (Å²) in [5.74, 6) is -1.02. The Kier molecular flexibility index (Phi) is 4.99. The number of amides is 2. The molecule has 0 radical (unpaired) electrons. The Labute approximate surface area is 174 Å². The average Bonchev–Trinajstić information content (AvgIpc) is 2.73. The zero-order chi connectivity index (χ0) is 21.5. The van der Waals surface area contributed by atoms with Gasteiger partial charge in [-0.3, -0.25) is 9.59 Å². The van der Waals surface area contributed by atoms with E-state index in [4.69, 9.17) is 16.3 Å². The Balaban J connectivity index is 1.78. The average molecular weight is 432 g/mol. The molecule has 0 N–H and O–H groups in total. The van der Waals surface area contributed by atoms with Crippen LogP contribution >= 0.6 is 11.6 Å². The number of imide groups is 1. The van der Waals surface area contributed by atoms with Gasteiger partial charge < -0.3 is 4.74 Å². The number of carbonyl (C=O) groups excluding carboxylic acids is 2. The van der Waals surface area contributed by atoms with E-state index in [0.29, 0.717) is 5.02 Å². The minimum absolute atomic E-state index is 0.183. The van der Waals surface area contributed by atoms with Crippen LogP contribution in [0.25, 0.3) is 0 Å². The zero-order valence-corrected chi connectivity index (χ0v) is 15.9. The van der Waals surface area contributed by atoms with Crippen LogP contribution in [0.4, 0.5) is 13.2 Å². The second-order valence-electron chi connectivity index (χ2n) is 6.57. The van der Waals surface area contributed by atoms with Crippen LogP contribution in [-0.2, 0) is 6.18 Å². The molecule has 0 saturated heterocycles. The molecule has 4 nitrogen and oxygen atoms in total. The molecule has 1 unspecified atom stereocenters. The van der Waals surface area contributed by atoms with E-state index < -0.39 is 29.8 Å². The Bertz CT molecular complexity index is 1110. The lowest BCUT2D eigenvalue weighted by Gasteiger charge is -2.35. The van der Waals surface area contributed by atoms with Crippen molar-refractivity contribution in [2.45, 2.75) is 12.4 Å². The van der Waals surface area contributed by atoms with Crippen LogP contribution in [0.15, 0.2) is 72.8 Å². The van der Waals surface area contributed by atoms with Crippen molar-refractivity contribution < 1.29 is 27.5 Å². The van der Waals surface area contributed by atoms with Gasteiger partial charge in [0.05, 0.1) is 11.1 Å². The van der Waals surface area contributed by atoms with Crippen LogP contribution in [0.2, 0.25) is 5.02 Å². The van der Waals surface area contributed by atoms with Crippen molar-refractivity contribution in [1.29, 1.82) is 0 Å².